The molecule has 3 rings (SSSR count). The van der Waals surface area contributed by atoms with Gasteiger partial charge in [-0.05, 0) is 37.8 Å². The van der Waals surface area contributed by atoms with Crippen molar-refractivity contribution in [3.8, 4) is 0 Å². The standard InChI is InChI=1S/C18H25N5O3/c1-3-6-23-15-14(17(25)22-18(23)26)12(7-13(21-15)11-4-5-11)16(24)20-9-10(2)8-19/h7,10-11H,3-6,8-9,19H2,1-2H3,(H,20,24)(H,22,25,26). The summed E-state index contributed by atoms with van der Waals surface area (Å²) in [4.78, 5) is 44.3. The lowest BCUT2D eigenvalue weighted by Gasteiger charge is -2.14. The SMILES string of the molecule is CCCn1c(=O)[nH]c(=O)c2c(C(=O)NCC(C)CN)cc(C3CC3)nc21. The largest absolute Gasteiger partial charge is 0.352 e. The highest BCUT2D eigenvalue weighted by atomic mass is 16.2. The van der Waals surface area contributed by atoms with E-state index >= 15 is 0 Å². The highest BCUT2D eigenvalue weighted by molar-refractivity contribution is 6.05. The van der Waals surface area contributed by atoms with Crippen molar-refractivity contribution in [2.75, 3.05) is 13.1 Å². The summed E-state index contributed by atoms with van der Waals surface area (Å²) in [5.74, 6) is 0.0803. The molecule has 1 amide bonds. The third-order valence-electron chi connectivity index (χ3n) is 4.67. The van der Waals surface area contributed by atoms with Gasteiger partial charge in [0.25, 0.3) is 11.5 Å². The smallest absolute Gasteiger partial charge is 0.329 e. The van der Waals surface area contributed by atoms with E-state index in [0.717, 1.165) is 18.5 Å². The van der Waals surface area contributed by atoms with E-state index < -0.39 is 11.2 Å². The fraction of sp³-hybridized carbons (Fsp3) is 0.556. The second-order valence-corrected chi connectivity index (χ2v) is 7.03. The number of amides is 1. The van der Waals surface area contributed by atoms with Gasteiger partial charge >= 0.3 is 5.69 Å². The number of carbonyl (C=O) groups excluding carboxylic acids is 1. The van der Waals surface area contributed by atoms with Gasteiger partial charge < -0.3 is 11.1 Å². The Morgan fingerprint density at radius 2 is 2.19 bits per heavy atom. The van der Waals surface area contributed by atoms with Crippen LogP contribution in [0.25, 0.3) is 11.0 Å². The van der Waals surface area contributed by atoms with E-state index in [9.17, 15) is 14.4 Å². The van der Waals surface area contributed by atoms with Gasteiger partial charge in [-0.3, -0.25) is 19.1 Å². The molecule has 1 fully saturated rings. The predicted molar refractivity (Wildman–Crippen MR) is 99.4 cm³/mol. The van der Waals surface area contributed by atoms with Crippen molar-refractivity contribution in [3.63, 3.8) is 0 Å². The first-order chi connectivity index (χ1) is 12.5. The van der Waals surface area contributed by atoms with Crippen LogP contribution in [0.5, 0.6) is 0 Å². The van der Waals surface area contributed by atoms with E-state index in [-0.39, 0.29) is 22.8 Å². The third-order valence-corrected chi connectivity index (χ3v) is 4.67. The van der Waals surface area contributed by atoms with E-state index in [4.69, 9.17) is 5.73 Å². The van der Waals surface area contributed by atoms with E-state index in [0.29, 0.717) is 37.6 Å². The summed E-state index contributed by atoms with van der Waals surface area (Å²) in [5.41, 5.74) is 5.86. The zero-order valence-electron chi connectivity index (χ0n) is 15.2. The number of H-pyrrole nitrogens is 1. The molecule has 0 aliphatic heterocycles. The summed E-state index contributed by atoms with van der Waals surface area (Å²) in [6, 6.07) is 1.69. The molecular formula is C18H25N5O3. The highest BCUT2D eigenvalue weighted by Crippen LogP contribution is 2.39. The topological polar surface area (TPSA) is 123 Å². The minimum Gasteiger partial charge on any atom is -0.352 e. The summed E-state index contributed by atoms with van der Waals surface area (Å²) < 4.78 is 1.45. The number of nitrogens with zero attached hydrogens (tertiary/aromatic N) is 2. The summed E-state index contributed by atoms with van der Waals surface area (Å²) >= 11 is 0. The van der Waals surface area contributed by atoms with Crippen LogP contribution in [0.2, 0.25) is 0 Å². The summed E-state index contributed by atoms with van der Waals surface area (Å²) in [7, 11) is 0. The number of pyridine rings is 1. The second-order valence-electron chi connectivity index (χ2n) is 7.03. The number of hydrogen-bond donors (Lipinski definition) is 3. The molecule has 4 N–H and O–H groups in total. The van der Waals surface area contributed by atoms with Gasteiger partial charge in [0.2, 0.25) is 0 Å². The van der Waals surface area contributed by atoms with Gasteiger partial charge in [0.1, 0.15) is 0 Å². The Balaban J connectivity index is 2.17. The Morgan fingerprint density at radius 1 is 1.46 bits per heavy atom. The highest BCUT2D eigenvalue weighted by Gasteiger charge is 2.28. The average molecular weight is 359 g/mol. The lowest BCUT2D eigenvalue weighted by Crippen LogP contribution is -2.35. The Morgan fingerprint density at radius 3 is 2.81 bits per heavy atom. The first-order valence-electron chi connectivity index (χ1n) is 9.12. The van der Waals surface area contributed by atoms with Crippen LogP contribution in [0.15, 0.2) is 15.7 Å². The fourth-order valence-corrected chi connectivity index (χ4v) is 2.94. The van der Waals surface area contributed by atoms with Crippen LogP contribution in [0.3, 0.4) is 0 Å². The van der Waals surface area contributed by atoms with Crippen molar-refractivity contribution >= 4 is 16.9 Å². The maximum atomic E-state index is 12.8. The molecule has 0 radical (unpaired) electrons. The van der Waals surface area contributed by atoms with Crippen molar-refractivity contribution in [1.29, 1.82) is 0 Å². The van der Waals surface area contributed by atoms with Crippen LogP contribution in [-0.2, 0) is 6.54 Å². The Kier molecular flexibility index (Phi) is 5.22. The first kappa shape index (κ1) is 18.3. The van der Waals surface area contributed by atoms with Gasteiger partial charge in [-0.15, -0.1) is 0 Å². The summed E-state index contributed by atoms with van der Waals surface area (Å²) in [5, 5.41) is 3.00. The summed E-state index contributed by atoms with van der Waals surface area (Å²) in [6.07, 6.45) is 2.72. The quantitative estimate of drug-likeness (QED) is 0.671. The van der Waals surface area contributed by atoms with E-state index in [1.54, 1.807) is 6.07 Å². The number of carbonyl (C=O) groups is 1. The van der Waals surface area contributed by atoms with Crippen molar-refractivity contribution < 1.29 is 4.79 Å². The molecule has 1 saturated carbocycles. The molecule has 1 aliphatic carbocycles. The maximum absolute atomic E-state index is 12.8. The molecule has 0 aromatic carbocycles. The number of aromatic nitrogens is 3. The molecule has 0 saturated heterocycles. The van der Waals surface area contributed by atoms with Crippen molar-refractivity contribution in [1.82, 2.24) is 19.9 Å². The minimum absolute atomic E-state index is 0.131. The zero-order valence-corrected chi connectivity index (χ0v) is 15.2. The van der Waals surface area contributed by atoms with Gasteiger partial charge in [-0.25, -0.2) is 9.78 Å². The molecule has 2 aromatic heterocycles. The van der Waals surface area contributed by atoms with Gasteiger partial charge in [-0.1, -0.05) is 13.8 Å². The number of hydrogen-bond acceptors (Lipinski definition) is 5. The first-order valence-corrected chi connectivity index (χ1v) is 9.12. The van der Waals surface area contributed by atoms with Gasteiger partial charge in [0.15, 0.2) is 5.65 Å². The maximum Gasteiger partial charge on any atom is 0.329 e. The fourth-order valence-electron chi connectivity index (χ4n) is 2.94. The predicted octanol–water partition coefficient (Wildman–Crippen LogP) is 0.697. The average Bonchev–Trinajstić information content (AvgIpc) is 3.46. The zero-order chi connectivity index (χ0) is 18.8. The van der Waals surface area contributed by atoms with E-state index in [1.165, 1.54) is 4.57 Å². The van der Waals surface area contributed by atoms with Crippen LogP contribution < -0.4 is 22.3 Å². The molecule has 0 spiro atoms. The lowest BCUT2D eigenvalue weighted by atomic mass is 10.1. The molecule has 0 bridgehead atoms. The molecular weight excluding hydrogens is 334 g/mol. The number of aromatic amines is 1. The number of aryl methyl sites for hydroxylation is 1. The molecule has 8 heteroatoms. The van der Waals surface area contributed by atoms with Crippen LogP contribution >= 0.6 is 0 Å². The number of nitrogens with one attached hydrogen (secondary N) is 2. The van der Waals surface area contributed by atoms with Crippen molar-refractivity contribution in [3.05, 3.63) is 38.2 Å². The van der Waals surface area contributed by atoms with Crippen LogP contribution in [0, 0.1) is 5.92 Å². The molecule has 140 valence electrons. The lowest BCUT2D eigenvalue weighted by molar-refractivity contribution is 0.0950. The van der Waals surface area contributed by atoms with Crippen LogP contribution in [-0.4, -0.2) is 33.5 Å². The Hall–Kier alpha value is -2.48. The minimum atomic E-state index is -0.579. The van der Waals surface area contributed by atoms with E-state index in [1.807, 2.05) is 13.8 Å². The molecule has 8 nitrogen and oxygen atoms in total. The number of nitrogens with two attached hydrogens (primary N) is 1. The second kappa shape index (κ2) is 7.41. The normalized spacial score (nSPS) is 15.2. The Labute approximate surface area is 150 Å². The number of rotatable bonds is 7. The van der Waals surface area contributed by atoms with Gasteiger partial charge in [0.05, 0.1) is 10.9 Å². The van der Waals surface area contributed by atoms with E-state index in [2.05, 4.69) is 15.3 Å². The van der Waals surface area contributed by atoms with Gasteiger partial charge in [0, 0.05) is 24.7 Å². The summed E-state index contributed by atoms with van der Waals surface area (Å²) in [6.45, 7) is 5.19. The van der Waals surface area contributed by atoms with Crippen LogP contribution in [0.4, 0.5) is 0 Å². The molecule has 2 aromatic rings. The van der Waals surface area contributed by atoms with Gasteiger partial charge in [-0.2, -0.15) is 0 Å². The van der Waals surface area contributed by atoms with Crippen molar-refractivity contribution in [2.45, 2.75) is 45.6 Å². The Bertz CT molecular complexity index is 942. The monoisotopic (exact) mass is 359 g/mol. The van der Waals surface area contributed by atoms with Crippen molar-refractivity contribution in [2.24, 2.45) is 11.7 Å². The van der Waals surface area contributed by atoms with Crippen LogP contribution in [0.1, 0.15) is 55.1 Å². The third kappa shape index (κ3) is 3.55. The molecule has 1 aliphatic rings. The molecule has 1 unspecified atom stereocenters. The number of fused-ring (bicyclic) bond motifs is 1. The molecule has 26 heavy (non-hydrogen) atoms. The molecule has 2 heterocycles. The molecule has 1 atom stereocenters.